The first-order valence-electron chi connectivity index (χ1n) is 6.25. The average molecular weight is 237 g/mol. The Morgan fingerprint density at radius 1 is 1.00 bits per heavy atom. The fourth-order valence-electron chi connectivity index (χ4n) is 1.66. The predicted octanol–water partition coefficient (Wildman–Crippen LogP) is 5.71. The second-order valence-electron chi connectivity index (χ2n) is 4.16. The van der Waals surface area contributed by atoms with E-state index in [9.17, 15) is 0 Å². The zero-order valence-corrected chi connectivity index (χ0v) is 10.8. The van der Waals surface area contributed by atoms with Crippen LogP contribution in [0.2, 0.25) is 5.02 Å². The number of allylic oxidation sites excluding steroid dienone is 1. The summed E-state index contributed by atoms with van der Waals surface area (Å²) < 4.78 is 0. The van der Waals surface area contributed by atoms with Crippen LogP contribution in [0.25, 0.3) is 6.08 Å². The molecule has 0 nitrogen and oxygen atoms in total. The van der Waals surface area contributed by atoms with Crippen molar-refractivity contribution in [3.05, 3.63) is 40.9 Å². The van der Waals surface area contributed by atoms with Crippen LogP contribution in [-0.2, 0) is 0 Å². The number of unbranched alkanes of at least 4 members (excludes halogenated alkanes) is 5. The van der Waals surface area contributed by atoms with E-state index in [1.807, 2.05) is 12.1 Å². The van der Waals surface area contributed by atoms with Gasteiger partial charge in [-0.1, -0.05) is 68.5 Å². The minimum absolute atomic E-state index is 0.803. The number of hydrogen-bond donors (Lipinski definition) is 0. The number of benzene rings is 1. The van der Waals surface area contributed by atoms with Gasteiger partial charge in [-0.25, -0.2) is 0 Å². The van der Waals surface area contributed by atoms with Gasteiger partial charge in [0.15, 0.2) is 0 Å². The second kappa shape index (κ2) is 8.41. The Bertz CT molecular complexity index is 298. The molecule has 16 heavy (non-hydrogen) atoms. The van der Waals surface area contributed by atoms with Gasteiger partial charge in [0, 0.05) is 5.02 Å². The Kier molecular flexibility index (Phi) is 7.00. The van der Waals surface area contributed by atoms with Crippen molar-refractivity contribution in [3.63, 3.8) is 0 Å². The van der Waals surface area contributed by atoms with Crippen LogP contribution >= 0.6 is 11.6 Å². The van der Waals surface area contributed by atoms with Crippen molar-refractivity contribution in [3.8, 4) is 0 Å². The van der Waals surface area contributed by atoms with Crippen molar-refractivity contribution < 1.29 is 0 Å². The minimum Gasteiger partial charge on any atom is -0.0843 e. The molecule has 0 saturated heterocycles. The first-order chi connectivity index (χ1) is 7.83. The van der Waals surface area contributed by atoms with E-state index >= 15 is 0 Å². The molecule has 0 amide bonds. The van der Waals surface area contributed by atoms with Gasteiger partial charge in [0.2, 0.25) is 0 Å². The molecular formula is C15H21Cl. The Morgan fingerprint density at radius 3 is 2.38 bits per heavy atom. The largest absolute Gasteiger partial charge is 0.0843 e. The van der Waals surface area contributed by atoms with Crippen LogP contribution < -0.4 is 0 Å². The van der Waals surface area contributed by atoms with Crippen molar-refractivity contribution in [2.24, 2.45) is 0 Å². The molecule has 0 spiro atoms. The van der Waals surface area contributed by atoms with Gasteiger partial charge in [0.05, 0.1) is 0 Å². The molecule has 88 valence electrons. The molecule has 0 bridgehead atoms. The van der Waals surface area contributed by atoms with Gasteiger partial charge in [-0.3, -0.25) is 0 Å². The highest BCUT2D eigenvalue weighted by atomic mass is 35.5. The van der Waals surface area contributed by atoms with Gasteiger partial charge in [-0.05, 0) is 30.5 Å². The maximum absolute atomic E-state index is 5.82. The van der Waals surface area contributed by atoms with Crippen LogP contribution in [0.4, 0.5) is 0 Å². The molecule has 0 heterocycles. The maximum atomic E-state index is 5.82. The van der Waals surface area contributed by atoms with E-state index in [4.69, 9.17) is 11.6 Å². The third-order valence-corrected chi connectivity index (χ3v) is 2.91. The molecule has 0 saturated carbocycles. The molecule has 0 radical (unpaired) electrons. The van der Waals surface area contributed by atoms with Crippen molar-refractivity contribution in [1.29, 1.82) is 0 Å². The maximum Gasteiger partial charge on any atom is 0.0406 e. The van der Waals surface area contributed by atoms with Crippen LogP contribution in [0.15, 0.2) is 30.3 Å². The van der Waals surface area contributed by atoms with Crippen molar-refractivity contribution in [2.45, 2.75) is 45.4 Å². The number of hydrogen-bond acceptors (Lipinski definition) is 0. The molecule has 0 N–H and O–H groups in total. The topological polar surface area (TPSA) is 0 Å². The summed E-state index contributed by atoms with van der Waals surface area (Å²) in [6, 6.07) is 7.97. The van der Waals surface area contributed by atoms with E-state index in [-0.39, 0.29) is 0 Å². The van der Waals surface area contributed by atoms with E-state index in [1.165, 1.54) is 44.1 Å². The molecule has 0 aliphatic carbocycles. The molecule has 0 unspecified atom stereocenters. The smallest absolute Gasteiger partial charge is 0.0406 e. The summed E-state index contributed by atoms with van der Waals surface area (Å²) in [6.07, 6.45) is 12.4. The summed E-state index contributed by atoms with van der Waals surface area (Å²) >= 11 is 5.82. The SMILES string of the molecule is CCCCCCC/C=C\c1ccc(Cl)cc1. The monoisotopic (exact) mass is 236 g/mol. The van der Waals surface area contributed by atoms with Gasteiger partial charge >= 0.3 is 0 Å². The van der Waals surface area contributed by atoms with Crippen molar-refractivity contribution >= 4 is 17.7 Å². The van der Waals surface area contributed by atoms with Crippen LogP contribution in [0.5, 0.6) is 0 Å². The first-order valence-corrected chi connectivity index (χ1v) is 6.63. The van der Waals surface area contributed by atoms with Crippen molar-refractivity contribution in [1.82, 2.24) is 0 Å². The molecule has 1 aromatic carbocycles. The van der Waals surface area contributed by atoms with Crippen LogP contribution in [0, 0.1) is 0 Å². The molecule has 0 fully saturated rings. The number of rotatable bonds is 7. The Labute approximate surface area is 104 Å². The predicted molar refractivity (Wildman–Crippen MR) is 73.9 cm³/mol. The summed E-state index contributed by atoms with van der Waals surface area (Å²) in [5, 5.41) is 0.803. The summed E-state index contributed by atoms with van der Waals surface area (Å²) in [5.41, 5.74) is 1.23. The quantitative estimate of drug-likeness (QED) is 0.532. The van der Waals surface area contributed by atoms with E-state index in [0.717, 1.165) is 5.02 Å². The standard InChI is InChI=1S/C15H21Cl/c1-2-3-4-5-6-7-8-9-14-10-12-15(16)13-11-14/h8-13H,2-7H2,1H3/b9-8-. The fourth-order valence-corrected chi connectivity index (χ4v) is 1.79. The van der Waals surface area contributed by atoms with Crippen LogP contribution in [0.1, 0.15) is 51.0 Å². The molecule has 0 aromatic heterocycles. The van der Waals surface area contributed by atoms with Crippen LogP contribution in [-0.4, -0.2) is 0 Å². The molecule has 0 aliphatic heterocycles. The molecular weight excluding hydrogens is 216 g/mol. The van der Waals surface area contributed by atoms with Gasteiger partial charge in [0.1, 0.15) is 0 Å². The van der Waals surface area contributed by atoms with Gasteiger partial charge in [-0.15, -0.1) is 0 Å². The lowest BCUT2D eigenvalue weighted by atomic mass is 10.1. The normalized spacial score (nSPS) is 11.1. The van der Waals surface area contributed by atoms with E-state index in [1.54, 1.807) is 0 Å². The lowest BCUT2D eigenvalue weighted by Crippen LogP contribution is -1.76. The van der Waals surface area contributed by atoms with E-state index in [2.05, 4.69) is 31.2 Å². The third-order valence-electron chi connectivity index (χ3n) is 2.65. The molecule has 1 aromatic rings. The van der Waals surface area contributed by atoms with Gasteiger partial charge in [-0.2, -0.15) is 0 Å². The van der Waals surface area contributed by atoms with E-state index in [0.29, 0.717) is 0 Å². The Balaban J connectivity index is 2.14. The molecule has 0 atom stereocenters. The zero-order chi connectivity index (χ0) is 11.6. The third kappa shape index (κ3) is 5.97. The highest BCUT2D eigenvalue weighted by Gasteiger charge is 1.88. The Hall–Kier alpha value is -0.750. The molecule has 1 rings (SSSR count). The summed E-state index contributed by atoms with van der Waals surface area (Å²) in [7, 11) is 0. The van der Waals surface area contributed by atoms with E-state index < -0.39 is 0 Å². The lowest BCUT2D eigenvalue weighted by molar-refractivity contribution is 0.638. The average Bonchev–Trinajstić information content (AvgIpc) is 2.30. The summed E-state index contributed by atoms with van der Waals surface area (Å²) in [6.45, 7) is 2.25. The fraction of sp³-hybridized carbons (Fsp3) is 0.467. The zero-order valence-electron chi connectivity index (χ0n) is 10.1. The van der Waals surface area contributed by atoms with Crippen molar-refractivity contribution in [2.75, 3.05) is 0 Å². The first kappa shape index (κ1) is 13.3. The number of halogens is 1. The second-order valence-corrected chi connectivity index (χ2v) is 4.59. The lowest BCUT2D eigenvalue weighted by Gasteiger charge is -1.96. The summed E-state index contributed by atoms with van der Waals surface area (Å²) in [4.78, 5) is 0. The molecule has 0 aliphatic rings. The Morgan fingerprint density at radius 2 is 1.69 bits per heavy atom. The summed E-state index contributed by atoms with van der Waals surface area (Å²) in [5.74, 6) is 0. The molecule has 1 heteroatoms. The van der Waals surface area contributed by atoms with Gasteiger partial charge < -0.3 is 0 Å². The minimum atomic E-state index is 0.803. The van der Waals surface area contributed by atoms with Crippen LogP contribution in [0.3, 0.4) is 0 Å². The highest BCUT2D eigenvalue weighted by Crippen LogP contribution is 2.11. The highest BCUT2D eigenvalue weighted by molar-refractivity contribution is 6.30. The van der Waals surface area contributed by atoms with Gasteiger partial charge in [0.25, 0.3) is 0 Å².